The Morgan fingerprint density at radius 3 is 2.42 bits per heavy atom. The number of hydrogen-bond donors (Lipinski definition) is 1. The van der Waals surface area contributed by atoms with Gasteiger partial charge < -0.3 is 14.8 Å². The number of halogens is 3. The number of methoxy groups -OCH3 is 1. The van der Waals surface area contributed by atoms with E-state index in [4.69, 9.17) is 16.3 Å². The van der Waals surface area contributed by atoms with Crippen molar-refractivity contribution in [2.75, 3.05) is 7.11 Å². The Bertz CT molecular complexity index is 1180. The molecule has 1 atom stereocenters. The van der Waals surface area contributed by atoms with Gasteiger partial charge in [0.25, 0.3) is 5.91 Å². The molecule has 2 aromatic carbocycles. The van der Waals surface area contributed by atoms with Gasteiger partial charge in [0.15, 0.2) is 0 Å². The zero-order valence-electron chi connectivity index (χ0n) is 18.7. The minimum atomic E-state index is -2.96. The number of carbonyl (C=O) groups excluding carboxylic acids is 2. The molecule has 1 N–H and O–H groups in total. The molecule has 0 aliphatic rings. The molecular formula is C24H25ClF2N2O4. The maximum atomic E-state index is 13.4. The van der Waals surface area contributed by atoms with E-state index >= 15 is 0 Å². The molecule has 0 radical (unpaired) electrons. The Kier molecular flexibility index (Phi) is 7.58. The fraction of sp³-hybridized carbons (Fsp3) is 0.333. The highest BCUT2D eigenvalue weighted by atomic mass is 35.5. The van der Waals surface area contributed by atoms with Crippen LogP contribution in [-0.4, -0.2) is 36.1 Å². The smallest absolute Gasteiger partial charge is 0.387 e. The van der Waals surface area contributed by atoms with Crippen LogP contribution in [0.25, 0.3) is 10.9 Å². The Labute approximate surface area is 195 Å². The summed E-state index contributed by atoms with van der Waals surface area (Å²) in [7, 11) is 1.49. The van der Waals surface area contributed by atoms with Gasteiger partial charge in [-0.3, -0.25) is 14.2 Å². The van der Waals surface area contributed by atoms with Crippen LogP contribution in [0.4, 0.5) is 8.78 Å². The van der Waals surface area contributed by atoms with Gasteiger partial charge in [0.05, 0.1) is 24.1 Å². The second kappa shape index (κ2) is 10.2. The zero-order valence-corrected chi connectivity index (χ0v) is 19.5. The van der Waals surface area contributed by atoms with E-state index in [1.54, 1.807) is 19.1 Å². The van der Waals surface area contributed by atoms with Gasteiger partial charge in [-0.1, -0.05) is 18.5 Å². The lowest BCUT2D eigenvalue weighted by Gasteiger charge is -2.12. The van der Waals surface area contributed by atoms with E-state index < -0.39 is 12.5 Å². The number of carbonyl (C=O) groups is 2. The highest BCUT2D eigenvalue weighted by Gasteiger charge is 2.23. The lowest BCUT2D eigenvalue weighted by atomic mass is 10.1. The molecular weight excluding hydrogens is 454 g/mol. The summed E-state index contributed by atoms with van der Waals surface area (Å²) in [5.74, 6) is -0.186. The number of amides is 1. The monoisotopic (exact) mass is 478 g/mol. The third-order valence-electron chi connectivity index (χ3n) is 5.49. The molecule has 0 aliphatic carbocycles. The quantitative estimate of drug-likeness (QED) is 0.473. The second-order valence-corrected chi connectivity index (χ2v) is 8.07. The van der Waals surface area contributed by atoms with Crippen LogP contribution in [0.3, 0.4) is 0 Å². The zero-order chi connectivity index (χ0) is 24.3. The van der Waals surface area contributed by atoms with Gasteiger partial charge in [-0.05, 0) is 62.2 Å². The molecule has 1 amide bonds. The van der Waals surface area contributed by atoms with Crippen molar-refractivity contribution in [3.63, 3.8) is 0 Å². The molecule has 33 heavy (non-hydrogen) atoms. The van der Waals surface area contributed by atoms with Crippen LogP contribution in [0.2, 0.25) is 5.02 Å². The maximum Gasteiger partial charge on any atom is 0.387 e. The molecule has 1 unspecified atom stereocenters. The lowest BCUT2D eigenvalue weighted by Crippen LogP contribution is -2.33. The summed E-state index contributed by atoms with van der Waals surface area (Å²) in [6.07, 6.45) is 0.860. The van der Waals surface area contributed by atoms with Crippen molar-refractivity contribution in [3.05, 3.63) is 58.2 Å². The van der Waals surface area contributed by atoms with Gasteiger partial charge in [0, 0.05) is 22.7 Å². The largest absolute Gasteiger partial charge is 0.495 e. The molecule has 176 valence electrons. The Morgan fingerprint density at radius 1 is 1.18 bits per heavy atom. The molecule has 3 aromatic rings. The molecule has 0 bridgehead atoms. The summed E-state index contributed by atoms with van der Waals surface area (Å²) >= 11 is 6.33. The van der Waals surface area contributed by atoms with E-state index in [2.05, 4.69) is 10.1 Å². The van der Waals surface area contributed by atoms with Crippen molar-refractivity contribution < 1.29 is 27.8 Å². The SMILES string of the molecule is CCC(C)NC(=O)Cc1c(C)n(C(=O)c2ccc(OC(F)F)cc2)c2cc(Cl)c(OC)cc12. The fourth-order valence-corrected chi connectivity index (χ4v) is 3.85. The minimum absolute atomic E-state index is 0.0192. The molecule has 1 heterocycles. The van der Waals surface area contributed by atoms with Crippen molar-refractivity contribution in [1.29, 1.82) is 0 Å². The average molecular weight is 479 g/mol. The summed E-state index contributed by atoms with van der Waals surface area (Å²) in [6, 6.07) is 8.77. The van der Waals surface area contributed by atoms with Crippen molar-refractivity contribution >= 4 is 34.3 Å². The van der Waals surface area contributed by atoms with Gasteiger partial charge in [0.1, 0.15) is 11.5 Å². The summed E-state index contributed by atoms with van der Waals surface area (Å²) in [5, 5.41) is 3.91. The lowest BCUT2D eigenvalue weighted by molar-refractivity contribution is -0.121. The van der Waals surface area contributed by atoms with Crippen LogP contribution in [0.1, 0.15) is 41.9 Å². The molecule has 0 saturated heterocycles. The summed E-state index contributed by atoms with van der Waals surface area (Å²) in [5.41, 5.74) is 2.03. The highest BCUT2D eigenvalue weighted by molar-refractivity contribution is 6.33. The molecule has 0 saturated carbocycles. The van der Waals surface area contributed by atoms with Crippen LogP contribution in [0, 0.1) is 6.92 Å². The van der Waals surface area contributed by atoms with Gasteiger partial charge in [-0.15, -0.1) is 0 Å². The third kappa shape index (κ3) is 5.27. The summed E-state index contributed by atoms with van der Waals surface area (Å²) in [4.78, 5) is 26.0. The van der Waals surface area contributed by atoms with Crippen molar-refractivity contribution in [2.24, 2.45) is 0 Å². The van der Waals surface area contributed by atoms with E-state index in [0.29, 0.717) is 32.9 Å². The summed E-state index contributed by atoms with van der Waals surface area (Å²) in [6.45, 7) is 2.69. The number of aromatic nitrogens is 1. The van der Waals surface area contributed by atoms with E-state index in [1.165, 1.54) is 35.9 Å². The normalized spacial score (nSPS) is 12.1. The number of alkyl halides is 2. The standard InChI is InChI=1S/C24H25ClF2N2O4/c1-5-13(2)28-22(30)11-17-14(3)29(20-12-19(25)21(32-4)10-18(17)20)23(31)15-6-8-16(9-7-15)33-24(26)27/h6-10,12-13,24H,5,11H2,1-4H3,(H,28,30). The van der Waals surface area contributed by atoms with Gasteiger partial charge >= 0.3 is 6.61 Å². The maximum absolute atomic E-state index is 13.4. The minimum Gasteiger partial charge on any atom is -0.495 e. The molecule has 1 aromatic heterocycles. The number of ether oxygens (including phenoxy) is 2. The molecule has 0 spiro atoms. The Hall–Kier alpha value is -3.13. The second-order valence-electron chi connectivity index (χ2n) is 7.66. The van der Waals surface area contributed by atoms with E-state index in [-0.39, 0.29) is 29.7 Å². The van der Waals surface area contributed by atoms with E-state index in [1.807, 2.05) is 13.8 Å². The number of benzene rings is 2. The van der Waals surface area contributed by atoms with E-state index in [0.717, 1.165) is 6.42 Å². The molecule has 0 aliphatic heterocycles. The van der Waals surface area contributed by atoms with Crippen molar-refractivity contribution in [1.82, 2.24) is 9.88 Å². The third-order valence-corrected chi connectivity index (χ3v) is 5.79. The van der Waals surface area contributed by atoms with Gasteiger partial charge in [-0.25, -0.2) is 0 Å². The summed E-state index contributed by atoms with van der Waals surface area (Å²) < 4.78 is 36.0. The molecule has 0 fully saturated rings. The van der Waals surface area contributed by atoms with Gasteiger partial charge in [0.2, 0.25) is 5.91 Å². The predicted molar refractivity (Wildman–Crippen MR) is 123 cm³/mol. The molecule has 9 heteroatoms. The first-order chi connectivity index (χ1) is 15.7. The van der Waals surface area contributed by atoms with Crippen LogP contribution >= 0.6 is 11.6 Å². The van der Waals surface area contributed by atoms with Crippen LogP contribution in [0.5, 0.6) is 11.5 Å². The van der Waals surface area contributed by atoms with Crippen molar-refractivity contribution in [3.8, 4) is 11.5 Å². The topological polar surface area (TPSA) is 69.6 Å². The fourth-order valence-electron chi connectivity index (χ4n) is 3.62. The first-order valence-electron chi connectivity index (χ1n) is 10.4. The van der Waals surface area contributed by atoms with Gasteiger partial charge in [-0.2, -0.15) is 8.78 Å². The van der Waals surface area contributed by atoms with E-state index in [9.17, 15) is 18.4 Å². The Balaban J connectivity index is 2.09. The number of hydrogen-bond acceptors (Lipinski definition) is 4. The average Bonchev–Trinajstić information content (AvgIpc) is 3.02. The highest BCUT2D eigenvalue weighted by Crippen LogP contribution is 2.35. The molecule has 3 rings (SSSR count). The number of fused-ring (bicyclic) bond motifs is 1. The van der Waals surface area contributed by atoms with Crippen LogP contribution in [0.15, 0.2) is 36.4 Å². The van der Waals surface area contributed by atoms with Crippen molar-refractivity contribution in [2.45, 2.75) is 46.3 Å². The first-order valence-corrected chi connectivity index (χ1v) is 10.8. The molecule has 6 nitrogen and oxygen atoms in total. The number of rotatable bonds is 8. The number of nitrogens with one attached hydrogen (secondary N) is 1. The predicted octanol–water partition coefficient (Wildman–Crippen LogP) is 5.36. The van der Waals surface area contributed by atoms with Crippen LogP contribution in [-0.2, 0) is 11.2 Å². The first kappa shape index (κ1) is 24.5. The Morgan fingerprint density at radius 2 is 1.85 bits per heavy atom. The van der Waals surface area contributed by atoms with Crippen LogP contribution < -0.4 is 14.8 Å². The number of nitrogens with zero attached hydrogens (tertiary/aromatic N) is 1.